The van der Waals surface area contributed by atoms with Crippen molar-refractivity contribution < 1.29 is 4.74 Å². The van der Waals surface area contributed by atoms with Crippen molar-refractivity contribution in [2.75, 3.05) is 24.3 Å². The molecule has 0 bridgehead atoms. The number of benzene rings is 1. The van der Waals surface area contributed by atoms with Crippen LogP contribution in [0, 0.1) is 0 Å². The lowest BCUT2D eigenvalue weighted by Crippen LogP contribution is -2.33. The molecule has 3 N–H and O–H groups in total. The molecular weight excluding hydrogens is 342 g/mol. The fourth-order valence-corrected chi connectivity index (χ4v) is 3.69. The molecule has 0 fully saturated rings. The van der Waals surface area contributed by atoms with Crippen LogP contribution in [0.4, 0.5) is 11.8 Å². The van der Waals surface area contributed by atoms with Crippen molar-refractivity contribution >= 4 is 22.7 Å². The van der Waals surface area contributed by atoms with Crippen LogP contribution < -0.4 is 20.9 Å². The van der Waals surface area contributed by atoms with E-state index in [4.69, 9.17) is 15.5 Å². The molecule has 0 radical (unpaired) electrons. The molecule has 4 rings (SSSR count). The number of aromatic amines is 1. The van der Waals surface area contributed by atoms with Gasteiger partial charge in [0.15, 0.2) is 0 Å². The highest BCUT2D eigenvalue weighted by molar-refractivity contribution is 5.84. The monoisotopic (exact) mass is 365 g/mol. The zero-order chi connectivity index (χ0) is 19.1. The molecule has 27 heavy (non-hydrogen) atoms. The van der Waals surface area contributed by atoms with Crippen LogP contribution in [-0.2, 0) is 13.0 Å². The molecule has 3 aromatic rings. The van der Waals surface area contributed by atoms with Crippen molar-refractivity contribution in [3.05, 3.63) is 51.4 Å². The van der Waals surface area contributed by atoms with Crippen LogP contribution in [0.25, 0.3) is 10.9 Å². The van der Waals surface area contributed by atoms with Crippen LogP contribution in [0.2, 0.25) is 0 Å². The predicted octanol–water partition coefficient (Wildman–Crippen LogP) is 2.60. The second-order valence-electron chi connectivity index (χ2n) is 7.16. The first kappa shape index (κ1) is 17.3. The van der Waals surface area contributed by atoms with Gasteiger partial charge in [0.05, 0.1) is 18.0 Å². The Bertz CT molecular complexity index is 1070. The fourth-order valence-electron chi connectivity index (χ4n) is 3.69. The first-order chi connectivity index (χ1) is 13.0. The van der Waals surface area contributed by atoms with Gasteiger partial charge in [-0.3, -0.25) is 9.78 Å². The molecule has 0 saturated carbocycles. The first-order valence-corrected chi connectivity index (χ1v) is 9.07. The van der Waals surface area contributed by atoms with Crippen LogP contribution in [0.3, 0.4) is 0 Å². The largest absolute Gasteiger partial charge is 0.497 e. The maximum atomic E-state index is 12.9. The maximum Gasteiger partial charge on any atom is 0.260 e. The summed E-state index contributed by atoms with van der Waals surface area (Å²) >= 11 is 0. The Balaban J connectivity index is 1.81. The van der Waals surface area contributed by atoms with E-state index in [2.05, 4.69) is 28.7 Å². The summed E-state index contributed by atoms with van der Waals surface area (Å²) in [6.07, 6.45) is 2.49. The molecule has 0 spiro atoms. The molecule has 1 aliphatic heterocycles. The second kappa shape index (κ2) is 6.57. The van der Waals surface area contributed by atoms with Crippen molar-refractivity contribution in [2.45, 2.75) is 32.7 Å². The van der Waals surface area contributed by atoms with Gasteiger partial charge in [-0.2, -0.15) is 0 Å². The van der Waals surface area contributed by atoms with Gasteiger partial charge in [-0.05, 0) is 35.6 Å². The van der Waals surface area contributed by atoms with Crippen LogP contribution >= 0.6 is 0 Å². The summed E-state index contributed by atoms with van der Waals surface area (Å²) in [4.78, 5) is 26.8. The Hall–Kier alpha value is -3.09. The summed E-state index contributed by atoms with van der Waals surface area (Å²) in [5.74, 6) is 2.04. The number of fused-ring (bicyclic) bond motifs is 2. The Morgan fingerprint density at radius 2 is 2.15 bits per heavy atom. The normalized spacial score (nSPS) is 13.9. The number of hydrogen-bond acceptors (Lipinski definition) is 6. The van der Waals surface area contributed by atoms with Crippen LogP contribution in [0.5, 0.6) is 5.75 Å². The molecule has 7 heteroatoms. The maximum absolute atomic E-state index is 12.9. The fraction of sp³-hybridized carbons (Fsp3) is 0.350. The van der Waals surface area contributed by atoms with E-state index in [0.29, 0.717) is 35.0 Å². The average molecular weight is 365 g/mol. The number of ether oxygens (including phenoxy) is 1. The third-order valence-corrected chi connectivity index (χ3v) is 5.14. The molecule has 1 aromatic carbocycles. The van der Waals surface area contributed by atoms with E-state index in [-0.39, 0.29) is 11.5 Å². The zero-order valence-electron chi connectivity index (χ0n) is 15.7. The van der Waals surface area contributed by atoms with E-state index in [1.165, 1.54) is 0 Å². The minimum Gasteiger partial charge on any atom is -0.497 e. The molecule has 3 heterocycles. The molecule has 0 unspecified atom stereocenters. The lowest BCUT2D eigenvalue weighted by molar-refractivity contribution is 0.414. The summed E-state index contributed by atoms with van der Waals surface area (Å²) in [6.45, 7) is 5.47. The SMILES string of the molecule is COc1cc(C(C)C)c2c(=O)[nH]c(N3CCc4c(ccnc4N)C3)nc2c1. The van der Waals surface area contributed by atoms with E-state index in [1.54, 1.807) is 13.3 Å². The van der Waals surface area contributed by atoms with Gasteiger partial charge in [0.1, 0.15) is 11.6 Å². The summed E-state index contributed by atoms with van der Waals surface area (Å²) in [5, 5.41) is 0.625. The van der Waals surface area contributed by atoms with Crippen molar-refractivity contribution in [1.82, 2.24) is 15.0 Å². The second-order valence-corrected chi connectivity index (χ2v) is 7.16. The molecule has 0 atom stereocenters. The summed E-state index contributed by atoms with van der Waals surface area (Å²) in [6, 6.07) is 5.70. The third-order valence-electron chi connectivity index (χ3n) is 5.14. The van der Waals surface area contributed by atoms with Gasteiger partial charge in [-0.15, -0.1) is 0 Å². The Labute approximate surface area is 157 Å². The van der Waals surface area contributed by atoms with Gasteiger partial charge in [-0.1, -0.05) is 13.8 Å². The number of nitrogens with zero attached hydrogens (tertiary/aromatic N) is 3. The number of hydrogen-bond donors (Lipinski definition) is 2. The Morgan fingerprint density at radius 1 is 1.33 bits per heavy atom. The van der Waals surface area contributed by atoms with E-state index in [9.17, 15) is 4.79 Å². The van der Waals surface area contributed by atoms with Crippen LogP contribution in [0.1, 0.15) is 36.5 Å². The van der Waals surface area contributed by atoms with E-state index in [1.807, 2.05) is 18.2 Å². The number of rotatable bonds is 3. The highest BCUT2D eigenvalue weighted by atomic mass is 16.5. The number of nitrogen functional groups attached to an aromatic ring is 1. The van der Waals surface area contributed by atoms with Crippen molar-refractivity contribution in [2.24, 2.45) is 0 Å². The topological polar surface area (TPSA) is 97.1 Å². The number of aromatic nitrogens is 3. The summed E-state index contributed by atoms with van der Waals surface area (Å²) in [5.41, 5.74) is 9.65. The number of pyridine rings is 1. The summed E-state index contributed by atoms with van der Waals surface area (Å²) < 4.78 is 5.41. The number of methoxy groups -OCH3 is 1. The van der Waals surface area contributed by atoms with E-state index in [0.717, 1.165) is 29.7 Å². The van der Waals surface area contributed by atoms with Crippen molar-refractivity contribution in [3.63, 3.8) is 0 Å². The van der Waals surface area contributed by atoms with Gasteiger partial charge in [-0.25, -0.2) is 9.97 Å². The molecule has 0 amide bonds. The van der Waals surface area contributed by atoms with Gasteiger partial charge in [0, 0.05) is 30.9 Å². The minimum absolute atomic E-state index is 0.124. The predicted molar refractivity (Wildman–Crippen MR) is 106 cm³/mol. The minimum atomic E-state index is -0.124. The van der Waals surface area contributed by atoms with Crippen LogP contribution in [-0.4, -0.2) is 28.6 Å². The summed E-state index contributed by atoms with van der Waals surface area (Å²) in [7, 11) is 1.62. The van der Waals surface area contributed by atoms with Crippen molar-refractivity contribution in [1.29, 1.82) is 0 Å². The van der Waals surface area contributed by atoms with Gasteiger partial charge in [0.25, 0.3) is 5.56 Å². The highest BCUT2D eigenvalue weighted by Gasteiger charge is 2.22. The lowest BCUT2D eigenvalue weighted by Gasteiger charge is -2.29. The zero-order valence-corrected chi connectivity index (χ0v) is 15.7. The van der Waals surface area contributed by atoms with Gasteiger partial charge in [0.2, 0.25) is 5.95 Å². The number of H-pyrrole nitrogens is 1. The lowest BCUT2D eigenvalue weighted by atomic mass is 9.98. The standard InChI is InChI=1S/C20H23N5O2/c1-11(2)15-8-13(27-3)9-16-17(15)19(26)24-20(23-16)25-7-5-14-12(10-25)4-6-22-18(14)21/h4,6,8-9,11H,5,7,10H2,1-3H3,(H2,21,22)(H,23,24,26). The first-order valence-electron chi connectivity index (χ1n) is 9.07. The molecule has 1 aliphatic rings. The quantitative estimate of drug-likeness (QED) is 0.740. The molecular formula is C20H23N5O2. The number of anilines is 2. The van der Waals surface area contributed by atoms with Gasteiger partial charge < -0.3 is 15.4 Å². The molecule has 140 valence electrons. The van der Waals surface area contributed by atoms with Gasteiger partial charge >= 0.3 is 0 Å². The molecule has 7 nitrogen and oxygen atoms in total. The van der Waals surface area contributed by atoms with Crippen LogP contribution in [0.15, 0.2) is 29.2 Å². The number of nitrogens with one attached hydrogen (secondary N) is 1. The number of nitrogens with two attached hydrogens (primary N) is 1. The van der Waals surface area contributed by atoms with Crippen molar-refractivity contribution in [3.8, 4) is 5.75 Å². The smallest absolute Gasteiger partial charge is 0.260 e. The van der Waals surface area contributed by atoms with E-state index < -0.39 is 0 Å². The highest BCUT2D eigenvalue weighted by Crippen LogP contribution is 2.29. The third kappa shape index (κ3) is 2.99. The Kier molecular flexibility index (Phi) is 4.22. The molecule has 0 saturated heterocycles. The average Bonchev–Trinajstić information content (AvgIpc) is 2.66. The molecule has 0 aliphatic carbocycles. The molecule has 2 aromatic heterocycles. The Morgan fingerprint density at radius 3 is 2.89 bits per heavy atom. The van der Waals surface area contributed by atoms with E-state index >= 15 is 0 Å².